The van der Waals surface area contributed by atoms with Crippen molar-refractivity contribution in [2.45, 2.75) is 188 Å². The van der Waals surface area contributed by atoms with Gasteiger partial charge in [0.25, 0.3) is 0 Å². The molecule has 0 saturated heterocycles. The van der Waals surface area contributed by atoms with Crippen LogP contribution < -0.4 is 0 Å². The van der Waals surface area contributed by atoms with Crippen LogP contribution in [-0.4, -0.2) is 0 Å². The lowest BCUT2D eigenvalue weighted by atomic mass is 9.92. The summed E-state index contributed by atoms with van der Waals surface area (Å²) in [7, 11) is 0. The summed E-state index contributed by atoms with van der Waals surface area (Å²) in [5.74, 6) is 0. The summed E-state index contributed by atoms with van der Waals surface area (Å²) >= 11 is 2.17. The van der Waals surface area contributed by atoms with E-state index in [-0.39, 0.29) is 0 Å². The van der Waals surface area contributed by atoms with Crippen LogP contribution in [0.4, 0.5) is 0 Å². The van der Waals surface area contributed by atoms with Crippen LogP contribution in [-0.2, 0) is 77.0 Å². The number of rotatable bonds is 33. The second-order valence-corrected chi connectivity index (χ2v) is 24.8. The van der Waals surface area contributed by atoms with Gasteiger partial charge in [-0.25, -0.2) is 0 Å². The Kier molecular flexibility index (Phi) is 23.7. The summed E-state index contributed by atoms with van der Waals surface area (Å²) in [5, 5.41) is 0. The molecular weight excluding hydrogens is 1000 g/mol. The average molecular weight is 1100 g/mol. The van der Waals surface area contributed by atoms with Gasteiger partial charge in [-0.15, -0.1) is 11.3 Å². The molecule has 9 rings (SSSR count). The molecule has 0 atom stereocenters. The van der Waals surface area contributed by atoms with Gasteiger partial charge >= 0.3 is 0 Å². The van der Waals surface area contributed by atoms with E-state index in [9.17, 15) is 0 Å². The smallest absolute Gasteiger partial charge is 0.00831 e. The lowest BCUT2D eigenvalue weighted by Gasteiger charge is -2.12. The van der Waals surface area contributed by atoms with Crippen molar-refractivity contribution in [3.63, 3.8) is 0 Å². The van der Waals surface area contributed by atoms with Gasteiger partial charge in [-0.05, 0) is 222 Å². The first kappa shape index (κ1) is 60.1. The van der Waals surface area contributed by atoms with E-state index in [1.54, 1.807) is 20.9 Å². The van der Waals surface area contributed by atoms with Crippen LogP contribution in [0, 0.1) is 0 Å². The van der Waals surface area contributed by atoms with Gasteiger partial charge in [-0.1, -0.05) is 260 Å². The van der Waals surface area contributed by atoms with Gasteiger partial charge in [0.1, 0.15) is 0 Å². The Bertz CT molecular complexity index is 3220. The molecule has 1 heterocycles. The molecule has 0 fully saturated rings. The van der Waals surface area contributed by atoms with Gasteiger partial charge in [-0.3, -0.25) is 0 Å². The third-order valence-corrected chi connectivity index (χ3v) is 18.8. The Labute approximate surface area is 500 Å². The monoisotopic (exact) mass is 1100 g/mol. The molecule has 0 radical (unpaired) electrons. The summed E-state index contributed by atoms with van der Waals surface area (Å²) in [4.78, 5) is 3.29. The Balaban J connectivity index is 0.916. The molecule has 0 amide bonds. The maximum absolute atomic E-state index is 2.39. The maximum Gasteiger partial charge on any atom is 0.00831 e. The highest BCUT2D eigenvalue weighted by atomic mass is 32.1. The van der Waals surface area contributed by atoms with Crippen molar-refractivity contribution in [1.29, 1.82) is 0 Å². The summed E-state index contributed by atoms with van der Waals surface area (Å²) in [6.07, 6.45) is 29.8. The van der Waals surface area contributed by atoms with Gasteiger partial charge in [0, 0.05) is 9.75 Å². The third-order valence-electron chi connectivity index (χ3n) is 17.4. The van der Waals surface area contributed by atoms with E-state index in [2.05, 4.69) is 233 Å². The molecule has 0 bridgehead atoms. The van der Waals surface area contributed by atoms with Crippen molar-refractivity contribution in [3.8, 4) is 44.5 Å². The average Bonchev–Trinajstić information content (AvgIpc) is 3.97. The number of benzene rings is 8. The van der Waals surface area contributed by atoms with Crippen LogP contribution in [0.2, 0.25) is 0 Å². The lowest BCUT2D eigenvalue weighted by molar-refractivity contribution is 0.717. The molecule has 0 aliphatic carbocycles. The number of unbranched alkanes of at least 4 members (excludes halogenated alkanes) is 6. The van der Waals surface area contributed by atoms with E-state index in [0.29, 0.717) is 0 Å². The van der Waals surface area contributed by atoms with E-state index >= 15 is 0 Å². The third kappa shape index (κ3) is 18.0. The highest BCUT2D eigenvalue weighted by molar-refractivity contribution is 7.12. The normalized spacial score (nSPS) is 11.4. The topological polar surface area (TPSA) is 0 Å². The summed E-state index contributed by atoms with van der Waals surface area (Å²) < 4.78 is 0. The predicted octanol–water partition coefficient (Wildman–Crippen LogP) is 22.9. The Morgan fingerprint density at radius 2 is 0.390 bits per heavy atom. The number of hydrogen-bond acceptors (Lipinski definition) is 1. The molecular formula is C81H94S. The van der Waals surface area contributed by atoms with E-state index in [1.807, 2.05) is 0 Å². The second-order valence-electron chi connectivity index (χ2n) is 23.6. The molecule has 1 heteroatoms. The van der Waals surface area contributed by atoms with Gasteiger partial charge in [0.05, 0.1) is 0 Å². The molecule has 0 nitrogen and oxygen atoms in total. The molecule has 8 aromatic carbocycles. The number of aryl methyl sites for hydroxylation is 10. The van der Waals surface area contributed by atoms with Crippen molar-refractivity contribution < 1.29 is 0 Å². The minimum Gasteiger partial charge on any atom is -0.145 e. The molecule has 9 aromatic rings. The van der Waals surface area contributed by atoms with E-state index in [0.717, 1.165) is 70.6 Å². The van der Waals surface area contributed by atoms with Crippen molar-refractivity contribution in [1.82, 2.24) is 0 Å². The Morgan fingerprint density at radius 1 is 0.195 bits per heavy atom. The zero-order valence-electron chi connectivity index (χ0n) is 50.6. The fourth-order valence-electron chi connectivity index (χ4n) is 12.2. The predicted molar refractivity (Wildman–Crippen MR) is 359 cm³/mol. The fourth-order valence-corrected chi connectivity index (χ4v) is 13.6. The van der Waals surface area contributed by atoms with Crippen LogP contribution in [0.1, 0.15) is 177 Å². The van der Waals surface area contributed by atoms with Crippen LogP contribution >= 0.6 is 11.3 Å². The minimum absolute atomic E-state index is 1.07. The van der Waals surface area contributed by atoms with Gasteiger partial charge in [0.15, 0.2) is 0 Å². The molecule has 1 aromatic heterocycles. The van der Waals surface area contributed by atoms with Crippen molar-refractivity contribution in [2.75, 3.05) is 0 Å². The summed E-state index contributed by atoms with van der Waals surface area (Å²) in [6, 6.07) is 74.9. The summed E-state index contributed by atoms with van der Waals surface area (Å²) in [5.41, 5.74) is 25.4. The van der Waals surface area contributed by atoms with Gasteiger partial charge < -0.3 is 0 Å². The van der Waals surface area contributed by atoms with Gasteiger partial charge in [0.2, 0.25) is 0 Å². The van der Waals surface area contributed by atoms with E-state index in [4.69, 9.17) is 0 Å². The quantitative estimate of drug-likeness (QED) is 0.0360. The first-order valence-corrected chi connectivity index (χ1v) is 33.1. The van der Waals surface area contributed by atoms with Crippen LogP contribution in [0.3, 0.4) is 0 Å². The molecule has 0 N–H and O–H groups in total. The highest BCUT2D eigenvalue weighted by Crippen LogP contribution is 2.35. The van der Waals surface area contributed by atoms with Crippen molar-refractivity contribution >= 4 is 11.3 Å². The Morgan fingerprint density at radius 3 is 0.598 bits per heavy atom. The Hall–Kier alpha value is -6.54. The van der Waals surface area contributed by atoms with E-state index in [1.165, 1.54) is 179 Å². The SMILES string of the molecule is CCCCCc1ccc(-c2ccc(CCCc3sc(CCCc4ccc(-c5ccc(CC)cc5)cc4)c(CCCc4ccc(-c5ccc(CCCCC)cc5)cc4)c3CCCc3ccc(-c4ccc(CCCCC)cc4)cc3)cc2)cc1. The lowest BCUT2D eigenvalue weighted by Crippen LogP contribution is -2.01. The number of thiophene rings is 1. The highest BCUT2D eigenvalue weighted by Gasteiger charge is 2.19. The first-order valence-electron chi connectivity index (χ1n) is 32.3. The van der Waals surface area contributed by atoms with Crippen LogP contribution in [0.5, 0.6) is 0 Å². The zero-order valence-corrected chi connectivity index (χ0v) is 51.4. The van der Waals surface area contributed by atoms with Gasteiger partial charge in [-0.2, -0.15) is 0 Å². The standard InChI is InChI=1S/C81H94S/c1-5-9-12-19-63-32-48-72(49-33-63)75-54-38-66(39-55-75)22-15-26-78-79(27-16-23-67-40-56-76(57-41-67)73-50-34-64(35-51-73)20-13-10-6-2)81(29-18-25-69-44-60-77(61-45-69)74-52-36-65(37-53-74)21-14-11-7-3)82-80(78)28-17-24-68-42-58-71(59-43-68)70-46-30-62(8-4)31-47-70/h30-61H,5-29H2,1-4H3. The molecule has 0 unspecified atom stereocenters. The first-order chi connectivity index (χ1) is 40.4. The maximum atomic E-state index is 2.39. The zero-order chi connectivity index (χ0) is 56.6. The summed E-state index contributed by atoms with van der Waals surface area (Å²) in [6.45, 7) is 9.08. The van der Waals surface area contributed by atoms with Crippen LogP contribution in [0.25, 0.3) is 44.5 Å². The minimum atomic E-state index is 1.07. The fraction of sp³-hybridized carbons (Fsp3) is 0.358. The molecule has 424 valence electrons. The second kappa shape index (κ2) is 32.3. The molecule has 0 aliphatic heterocycles. The van der Waals surface area contributed by atoms with Crippen molar-refractivity contribution in [2.24, 2.45) is 0 Å². The largest absolute Gasteiger partial charge is 0.145 e. The molecule has 0 spiro atoms. The van der Waals surface area contributed by atoms with E-state index < -0.39 is 0 Å². The molecule has 0 saturated carbocycles. The van der Waals surface area contributed by atoms with Crippen LogP contribution in [0.15, 0.2) is 194 Å². The number of hydrogen-bond donors (Lipinski definition) is 0. The van der Waals surface area contributed by atoms with Crippen molar-refractivity contribution in [3.05, 3.63) is 260 Å². The molecule has 82 heavy (non-hydrogen) atoms. The molecule has 0 aliphatic rings.